The number of amides is 2. The smallest absolute Gasteiger partial charge is 0.345 e. The summed E-state index contributed by atoms with van der Waals surface area (Å²) in [5.41, 5.74) is 0. The van der Waals surface area contributed by atoms with E-state index < -0.39 is 86.3 Å². The Balaban J connectivity index is 1.69. The Morgan fingerprint density at radius 2 is 1.62 bits per heavy atom. The van der Waals surface area contributed by atoms with Gasteiger partial charge in [0, 0.05) is 18.4 Å². The molecule has 0 spiro atoms. The average Bonchev–Trinajstić information content (AvgIpc) is 3.46. The molecule has 0 aliphatic carbocycles. The second kappa shape index (κ2) is 15.1. The minimum Gasteiger partial charge on any atom is -0.394 e. The fourth-order valence-corrected chi connectivity index (χ4v) is 5.14. The first-order chi connectivity index (χ1) is 18.7. The number of halogens is 1. The van der Waals surface area contributed by atoms with Gasteiger partial charge in [0.15, 0.2) is 6.23 Å². The van der Waals surface area contributed by atoms with E-state index in [1.165, 1.54) is 0 Å². The minimum absolute atomic E-state index is 0.0853. The van der Waals surface area contributed by atoms with Crippen molar-refractivity contribution in [3.63, 3.8) is 0 Å². The van der Waals surface area contributed by atoms with E-state index in [4.69, 9.17) is 30.5 Å². The highest BCUT2D eigenvalue weighted by molar-refractivity contribution is 6.18. The van der Waals surface area contributed by atoms with Crippen LogP contribution in [-0.2, 0) is 18.9 Å². The maximum absolute atomic E-state index is 13.1. The third kappa shape index (κ3) is 7.52. The first kappa shape index (κ1) is 32.2. The summed E-state index contributed by atoms with van der Waals surface area (Å²) in [6.07, 6.45) is -11.8. The second-order valence-electron chi connectivity index (χ2n) is 9.76. The molecule has 0 radical (unpaired) electrons. The molecule has 226 valence electrons. The molecule has 3 saturated heterocycles. The summed E-state index contributed by atoms with van der Waals surface area (Å²) >= 11 is 5.67. The Labute approximate surface area is 229 Å². The van der Waals surface area contributed by atoms with E-state index in [2.05, 4.69) is 5.29 Å². The Bertz CT molecular complexity index is 777. The van der Waals surface area contributed by atoms with E-state index in [0.29, 0.717) is 18.0 Å². The Kier molecular flexibility index (Phi) is 12.5. The summed E-state index contributed by atoms with van der Waals surface area (Å²) in [6, 6.07) is -0.925. The highest BCUT2D eigenvalue weighted by Crippen LogP contribution is 2.31. The molecule has 3 aliphatic rings. The molecule has 3 aliphatic heterocycles. The number of nitrogens with zero attached hydrogens (tertiary/aromatic N) is 3. The van der Waals surface area contributed by atoms with Crippen molar-refractivity contribution >= 4 is 17.6 Å². The zero-order chi connectivity index (χ0) is 28.7. The first-order valence-corrected chi connectivity index (χ1v) is 13.3. The Morgan fingerprint density at radius 1 is 0.923 bits per heavy atom. The summed E-state index contributed by atoms with van der Waals surface area (Å²) in [6.45, 7) is -1.71. The van der Waals surface area contributed by atoms with Gasteiger partial charge in [-0.05, 0) is 12.8 Å². The SMILES string of the molecule is O=NN(CCCl)C(=O)N(CC1CCCO1)C1OC(CO)C(COCC2OC(CO)C(O)C(O)C2O)C(O)C1O. The molecule has 0 bridgehead atoms. The molecule has 11 atom stereocenters. The van der Waals surface area contributed by atoms with Gasteiger partial charge in [-0.1, -0.05) is 0 Å². The predicted octanol–water partition coefficient (Wildman–Crippen LogP) is -3.28. The van der Waals surface area contributed by atoms with Crippen LogP contribution >= 0.6 is 11.6 Å². The van der Waals surface area contributed by atoms with Gasteiger partial charge >= 0.3 is 6.03 Å². The number of aliphatic hydroxyl groups excluding tert-OH is 7. The molecule has 0 aromatic rings. The molecular formula is C22H38ClN3O13. The van der Waals surface area contributed by atoms with Crippen LogP contribution in [0.25, 0.3) is 0 Å². The number of rotatable bonds is 12. The molecule has 0 aromatic carbocycles. The van der Waals surface area contributed by atoms with Gasteiger partial charge in [-0.15, -0.1) is 16.5 Å². The van der Waals surface area contributed by atoms with Crippen LogP contribution in [0.15, 0.2) is 5.29 Å². The van der Waals surface area contributed by atoms with Crippen LogP contribution in [0.5, 0.6) is 0 Å². The van der Waals surface area contributed by atoms with Gasteiger partial charge in [0.1, 0.15) is 36.6 Å². The number of ether oxygens (including phenoxy) is 4. The van der Waals surface area contributed by atoms with Crippen molar-refractivity contribution < 1.29 is 59.5 Å². The normalized spacial score (nSPS) is 38.9. The molecule has 0 aromatic heterocycles. The fourth-order valence-electron chi connectivity index (χ4n) is 4.98. The molecule has 0 saturated carbocycles. The van der Waals surface area contributed by atoms with Crippen LogP contribution in [0.2, 0.25) is 0 Å². The lowest BCUT2D eigenvalue weighted by Gasteiger charge is -2.47. The quantitative estimate of drug-likeness (QED) is 0.0675. The van der Waals surface area contributed by atoms with Crippen LogP contribution in [0.3, 0.4) is 0 Å². The van der Waals surface area contributed by atoms with E-state index in [1.54, 1.807) is 0 Å². The van der Waals surface area contributed by atoms with Gasteiger partial charge < -0.3 is 54.7 Å². The summed E-state index contributed by atoms with van der Waals surface area (Å²) in [5, 5.41) is 74.5. The average molecular weight is 588 g/mol. The molecular weight excluding hydrogens is 550 g/mol. The zero-order valence-electron chi connectivity index (χ0n) is 21.2. The predicted molar refractivity (Wildman–Crippen MR) is 130 cm³/mol. The number of hydrogen-bond donors (Lipinski definition) is 7. The highest BCUT2D eigenvalue weighted by Gasteiger charge is 2.49. The monoisotopic (exact) mass is 587 g/mol. The highest BCUT2D eigenvalue weighted by atomic mass is 35.5. The lowest BCUT2D eigenvalue weighted by molar-refractivity contribution is -0.259. The topological polar surface area (TPSA) is 232 Å². The van der Waals surface area contributed by atoms with Crippen LogP contribution < -0.4 is 0 Å². The van der Waals surface area contributed by atoms with Gasteiger partial charge in [0.25, 0.3) is 0 Å². The number of nitroso groups, excluding NO2 is 1. The standard InChI is InChI=1S/C22H38ClN3O13/c23-3-4-26(24-35)22(34)25(6-11-2-1-5-37-11)21-20(33)16(29)12(13(7-27)39-21)9-36-10-15-18(31)19(32)17(30)14(8-28)38-15/h11-21,27-33H,1-10H2. The lowest BCUT2D eigenvalue weighted by Crippen LogP contribution is -2.64. The molecule has 7 N–H and O–H groups in total. The maximum atomic E-state index is 13.1. The van der Waals surface area contributed by atoms with Crippen molar-refractivity contribution in [2.75, 3.05) is 52.0 Å². The van der Waals surface area contributed by atoms with Gasteiger partial charge in [0.2, 0.25) is 0 Å². The van der Waals surface area contributed by atoms with E-state index >= 15 is 0 Å². The van der Waals surface area contributed by atoms with E-state index in [9.17, 15) is 45.4 Å². The van der Waals surface area contributed by atoms with Crippen molar-refractivity contribution in [3.8, 4) is 0 Å². The summed E-state index contributed by atoms with van der Waals surface area (Å²) in [7, 11) is 0. The second-order valence-corrected chi connectivity index (χ2v) is 10.1. The molecule has 11 unspecified atom stereocenters. The van der Waals surface area contributed by atoms with Crippen LogP contribution in [0.1, 0.15) is 12.8 Å². The van der Waals surface area contributed by atoms with Crippen LogP contribution in [0, 0.1) is 10.8 Å². The van der Waals surface area contributed by atoms with E-state index in [1.807, 2.05) is 0 Å². The third-order valence-electron chi connectivity index (χ3n) is 7.23. The van der Waals surface area contributed by atoms with Gasteiger partial charge in [0.05, 0.1) is 63.1 Å². The summed E-state index contributed by atoms with van der Waals surface area (Å²) in [4.78, 5) is 25.5. The lowest BCUT2D eigenvalue weighted by atomic mass is 9.88. The third-order valence-corrected chi connectivity index (χ3v) is 7.40. The minimum atomic E-state index is -1.69. The number of carbonyl (C=O) groups is 1. The van der Waals surface area contributed by atoms with Gasteiger partial charge in [-0.25, -0.2) is 4.79 Å². The van der Waals surface area contributed by atoms with Gasteiger partial charge in [-0.3, -0.25) is 4.90 Å². The van der Waals surface area contributed by atoms with Crippen molar-refractivity contribution in [2.45, 2.75) is 74.0 Å². The zero-order valence-corrected chi connectivity index (χ0v) is 22.0. The molecule has 39 heavy (non-hydrogen) atoms. The molecule has 2 amide bonds. The van der Waals surface area contributed by atoms with Crippen molar-refractivity contribution in [2.24, 2.45) is 11.2 Å². The molecule has 3 heterocycles. The fraction of sp³-hybridized carbons (Fsp3) is 0.955. The molecule has 17 heteroatoms. The van der Waals surface area contributed by atoms with Crippen molar-refractivity contribution in [1.29, 1.82) is 0 Å². The van der Waals surface area contributed by atoms with Crippen LogP contribution in [-0.4, -0.2) is 165 Å². The Hall–Kier alpha value is -1.28. The molecule has 16 nitrogen and oxygen atoms in total. The van der Waals surface area contributed by atoms with Crippen molar-refractivity contribution in [1.82, 2.24) is 9.91 Å². The van der Waals surface area contributed by atoms with E-state index in [-0.39, 0.29) is 32.2 Å². The van der Waals surface area contributed by atoms with Gasteiger partial charge in [-0.2, -0.15) is 5.01 Å². The maximum Gasteiger partial charge on any atom is 0.345 e. The number of carbonyl (C=O) groups excluding carboxylic acids is 1. The molecule has 3 rings (SSSR count). The number of alkyl halides is 1. The molecule has 3 fully saturated rings. The summed E-state index contributed by atoms with van der Waals surface area (Å²) in [5.74, 6) is -1.09. The largest absolute Gasteiger partial charge is 0.394 e. The van der Waals surface area contributed by atoms with Crippen molar-refractivity contribution in [3.05, 3.63) is 4.91 Å². The summed E-state index contributed by atoms with van der Waals surface area (Å²) < 4.78 is 22.4. The van der Waals surface area contributed by atoms with E-state index in [0.717, 1.165) is 11.3 Å². The first-order valence-electron chi connectivity index (χ1n) is 12.8. The number of aliphatic hydroxyl groups is 7. The number of urea groups is 1. The Morgan fingerprint density at radius 3 is 2.21 bits per heavy atom. The number of hydrogen-bond acceptors (Lipinski definition) is 14. The van der Waals surface area contributed by atoms with Crippen LogP contribution in [0.4, 0.5) is 4.79 Å².